The summed E-state index contributed by atoms with van der Waals surface area (Å²) in [6.07, 6.45) is 2.53. The molecule has 1 aromatic carbocycles. The summed E-state index contributed by atoms with van der Waals surface area (Å²) in [5.74, 6) is 1.64. The maximum absolute atomic E-state index is 5.59. The van der Waals surface area contributed by atoms with Gasteiger partial charge in [-0.3, -0.25) is 0 Å². The first-order valence-electron chi connectivity index (χ1n) is 7.20. The molecule has 0 amide bonds. The first-order chi connectivity index (χ1) is 9.17. The van der Waals surface area contributed by atoms with E-state index >= 15 is 0 Å². The van der Waals surface area contributed by atoms with Crippen molar-refractivity contribution in [3.05, 3.63) is 28.8 Å². The lowest BCUT2D eigenvalue weighted by Gasteiger charge is -2.32. The molecule has 2 N–H and O–H groups in total. The first kappa shape index (κ1) is 14.4. The Bertz CT molecular complexity index is 425. The molecule has 1 aromatic rings. The average molecular weight is 262 g/mol. The SMILES string of the molecule is CNC(c1cc(C)c(C)cc1OC)C1CCCNC1. The molecule has 106 valence electrons. The molecule has 1 aliphatic heterocycles. The smallest absolute Gasteiger partial charge is 0.123 e. The zero-order chi connectivity index (χ0) is 13.8. The average Bonchev–Trinajstić information content (AvgIpc) is 2.44. The van der Waals surface area contributed by atoms with Crippen LogP contribution in [0.4, 0.5) is 0 Å². The number of piperidine rings is 1. The third kappa shape index (κ3) is 3.10. The van der Waals surface area contributed by atoms with Gasteiger partial charge in [-0.2, -0.15) is 0 Å². The summed E-state index contributed by atoms with van der Waals surface area (Å²) in [6.45, 7) is 6.54. The lowest BCUT2D eigenvalue weighted by molar-refractivity contribution is 0.290. The topological polar surface area (TPSA) is 33.3 Å². The molecule has 1 aliphatic rings. The van der Waals surface area contributed by atoms with Crippen LogP contribution in [0.2, 0.25) is 0 Å². The molecule has 2 atom stereocenters. The van der Waals surface area contributed by atoms with Gasteiger partial charge >= 0.3 is 0 Å². The van der Waals surface area contributed by atoms with Crippen molar-refractivity contribution < 1.29 is 4.74 Å². The molecule has 1 fully saturated rings. The standard InChI is InChI=1S/C16H26N2O/c1-11-8-14(15(19-4)9-12(11)2)16(17-3)13-6-5-7-18-10-13/h8-9,13,16-18H,5-7,10H2,1-4H3. The molecular weight excluding hydrogens is 236 g/mol. The number of hydrogen-bond acceptors (Lipinski definition) is 3. The molecule has 1 heterocycles. The third-order valence-electron chi connectivity index (χ3n) is 4.30. The number of hydrogen-bond donors (Lipinski definition) is 2. The Morgan fingerprint density at radius 1 is 1.32 bits per heavy atom. The van der Waals surface area contributed by atoms with Crippen LogP contribution in [-0.2, 0) is 0 Å². The summed E-state index contributed by atoms with van der Waals surface area (Å²) in [5, 5.41) is 6.99. The van der Waals surface area contributed by atoms with Crippen LogP contribution in [0.25, 0.3) is 0 Å². The zero-order valence-electron chi connectivity index (χ0n) is 12.5. The summed E-state index contributed by atoms with van der Waals surface area (Å²) in [7, 11) is 3.81. The van der Waals surface area contributed by atoms with E-state index in [4.69, 9.17) is 4.74 Å². The Morgan fingerprint density at radius 2 is 2.05 bits per heavy atom. The quantitative estimate of drug-likeness (QED) is 0.875. The van der Waals surface area contributed by atoms with E-state index in [2.05, 4.69) is 36.6 Å². The van der Waals surface area contributed by atoms with E-state index in [1.54, 1.807) is 7.11 Å². The van der Waals surface area contributed by atoms with Crippen molar-refractivity contribution in [3.63, 3.8) is 0 Å². The van der Waals surface area contributed by atoms with Gasteiger partial charge in [0, 0.05) is 11.6 Å². The van der Waals surface area contributed by atoms with Crippen LogP contribution in [-0.4, -0.2) is 27.2 Å². The minimum absolute atomic E-state index is 0.363. The van der Waals surface area contributed by atoms with E-state index in [-0.39, 0.29) is 0 Å². The van der Waals surface area contributed by atoms with E-state index in [1.165, 1.54) is 29.5 Å². The molecular formula is C16H26N2O. The van der Waals surface area contributed by atoms with Crippen LogP contribution in [0.3, 0.4) is 0 Å². The van der Waals surface area contributed by atoms with Crippen LogP contribution in [0.15, 0.2) is 12.1 Å². The number of rotatable bonds is 4. The minimum atomic E-state index is 0.363. The predicted molar refractivity (Wildman–Crippen MR) is 79.9 cm³/mol. The van der Waals surface area contributed by atoms with E-state index in [0.717, 1.165) is 18.8 Å². The van der Waals surface area contributed by atoms with E-state index in [9.17, 15) is 0 Å². The monoisotopic (exact) mass is 262 g/mol. The van der Waals surface area contributed by atoms with Crippen LogP contribution >= 0.6 is 0 Å². The fourth-order valence-electron chi connectivity index (χ4n) is 3.04. The van der Waals surface area contributed by atoms with Crippen LogP contribution in [0.5, 0.6) is 5.75 Å². The van der Waals surface area contributed by atoms with Crippen molar-refractivity contribution in [2.24, 2.45) is 5.92 Å². The molecule has 19 heavy (non-hydrogen) atoms. The largest absolute Gasteiger partial charge is 0.496 e. The molecule has 1 saturated heterocycles. The van der Waals surface area contributed by atoms with Crippen molar-refractivity contribution in [1.29, 1.82) is 0 Å². The second kappa shape index (κ2) is 6.40. The first-order valence-corrected chi connectivity index (χ1v) is 7.20. The third-order valence-corrected chi connectivity index (χ3v) is 4.30. The second-order valence-corrected chi connectivity index (χ2v) is 5.55. The van der Waals surface area contributed by atoms with Crippen LogP contribution in [0, 0.1) is 19.8 Å². The normalized spacial score (nSPS) is 21.2. The molecule has 0 aromatic heterocycles. The summed E-state index contributed by atoms with van der Waals surface area (Å²) >= 11 is 0. The molecule has 2 unspecified atom stereocenters. The summed E-state index contributed by atoms with van der Waals surface area (Å²) in [5.41, 5.74) is 3.92. The van der Waals surface area contributed by atoms with Gasteiger partial charge in [0.05, 0.1) is 7.11 Å². The fourth-order valence-corrected chi connectivity index (χ4v) is 3.04. The maximum Gasteiger partial charge on any atom is 0.123 e. The van der Waals surface area contributed by atoms with E-state index in [1.807, 2.05) is 7.05 Å². The van der Waals surface area contributed by atoms with Gasteiger partial charge in [-0.25, -0.2) is 0 Å². The Labute approximate surface area is 116 Å². The van der Waals surface area contributed by atoms with Gasteiger partial charge < -0.3 is 15.4 Å². The fraction of sp³-hybridized carbons (Fsp3) is 0.625. The molecule has 0 saturated carbocycles. The molecule has 3 nitrogen and oxygen atoms in total. The summed E-state index contributed by atoms with van der Waals surface area (Å²) < 4.78 is 5.59. The number of ether oxygens (including phenoxy) is 1. The highest BCUT2D eigenvalue weighted by atomic mass is 16.5. The van der Waals surface area contributed by atoms with Crippen molar-refractivity contribution in [3.8, 4) is 5.75 Å². The molecule has 0 spiro atoms. The van der Waals surface area contributed by atoms with E-state index < -0.39 is 0 Å². The number of methoxy groups -OCH3 is 1. The Hall–Kier alpha value is -1.06. The van der Waals surface area contributed by atoms with Gasteiger partial charge in [-0.05, 0) is 69.9 Å². The van der Waals surface area contributed by atoms with Gasteiger partial charge in [0.15, 0.2) is 0 Å². The van der Waals surface area contributed by atoms with E-state index in [0.29, 0.717) is 12.0 Å². The summed E-state index contributed by atoms with van der Waals surface area (Å²) in [6, 6.07) is 4.80. The van der Waals surface area contributed by atoms with Crippen molar-refractivity contribution in [1.82, 2.24) is 10.6 Å². The highest BCUT2D eigenvalue weighted by Gasteiger charge is 2.26. The predicted octanol–water partition coefficient (Wildman–Crippen LogP) is 2.57. The van der Waals surface area contributed by atoms with Gasteiger partial charge in [0.2, 0.25) is 0 Å². The van der Waals surface area contributed by atoms with Crippen LogP contribution in [0.1, 0.15) is 35.6 Å². The number of aryl methyl sites for hydroxylation is 2. The minimum Gasteiger partial charge on any atom is -0.496 e. The van der Waals surface area contributed by atoms with Gasteiger partial charge in [0.25, 0.3) is 0 Å². The van der Waals surface area contributed by atoms with Gasteiger partial charge in [-0.1, -0.05) is 6.07 Å². The molecule has 2 rings (SSSR count). The number of nitrogens with one attached hydrogen (secondary N) is 2. The Balaban J connectivity index is 2.33. The van der Waals surface area contributed by atoms with Gasteiger partial charge in [0.1, 0.15) is 5.75 Å². The van der Waals surface area contributed by atoms with Crippen molar-refractivity contribution in [2.75, 3.05) is 27.2 Å². The Morgan fingerprint density at radius 3 is 2.63 bits per heavy atom. The molecule has 0 radical (unpaired) electrons. The van der Waals surface area contributed by atoms with Crippen molar-refractivity contribution >= 4 is 0 Å². The summed E-state index contributed by atoms with van der Waals surface area (Å²) in [4.78, 5) is 0. The molecule has 0 aliphatic carbocycles. The van der Waals surface area contributed by atoms with Crippen LogP contribution < -0.4 is 15.4 Å². The van der Waals surface area contributed by atoms with Gasteiger partial charge in [-0.15, -0.1) is 0 Å². The lowest BCUT2D eigenvalue weighted by Crippen LogP contribution is -2.37. The Kier molecular flexibility index (Phi) is 4.83. The highest BCUT2D eigenvalue weighted by Crippen LogP contribution is 2.34. The lowest BCUT2D eigenvalue weighted by atomic mass is 9.86. The zero-order valence-corrected chi connectivity index (χ0v) is 12.5. The molecule has 0 bridgehead atoms. The second-order valence-electron chi connectivity index (χ2n) is 5.55. The highest BCUT2D eigenvalue weighted by molar-refractivity contribution is 5.43. The maximum atomic E-state index is 5.59. The molecule has 3 heteroatoms. The number of benzene rings is 1. The van der Waals surface area contributed by atoms with Crippen molar-refractivity contribution in [2.45, 2.75) is 32.7 Å².